The number of rotatable bonds is 10. The summed E-state index contributed by atoms with van der Waals surface area (Å²) < 4.78 is 9.63. The Kier molecular flexibility index (Phi) is 8.19. The summed E-state index contributed by atoms with van der Waals surface area (Å²) >= 11 is 6.26. The number of aromatic nitrogens is 5. The summed E-state index contributed by atoms with van der Waals surface area (Å²) in [5.74, 6) is -0.579. The van der Waals surface area contributed by atoms with Gasteiger partial charge in [-0.15, -0.1) is 0 Å². The third kappa shape index (κ3) is 6.15. The van der Waals surface area contributed by atoms with Gasteiger partial charge in [0.15, 0.2) is 5.65 Å². The fourth-order valence-electron chi connectivity index (χ4n) is 4.85. The second-order valence-electron chi connectivity index (χ2n) is 11.8. The van der Waals surface area contributed by atoms with E-state index in [0.717, 1.165) is 16.9 Å². The standard InChI is InChI=1S/C28H37ClN8O3Si/c1-6-37-23-11-18(29)7-8-20(23)24(34-37)22-12-31-26-25(33-22)21(15-36(26)16-40-9-10-41(3,4)5)27(38)32-17(2)28(39)35-13-19(30)14-35/h7-8,11-12,15,17,19H,6,9-10,13-14,16,30H2,1-5H3,(H,32,38)/t17-/m1/s1. The van der Waals surface area contributed by atoms with Crippen LogP contribution in [0.4, 0.5) is 0 Å². The average Bonchev–Trinajstić information content (AvgIpc) is 3.45. The molecule has 41 heavy (non-hydrogen) atoms. The van der Waals surface area contributed by atoms with Crippen LogP contribution in [0.25, 0.3) is 33.5 Å². The van der Waals surface area contributed by atoms with Crippen molar-refractivity contribution >= 4 is 53.6 Å². The summed E-state index contributed by atoms with van der Waals surface area (Å²) in [6.07, 6.45) is 3.36. The van der Waals surface area contributed by atoms with Crippen LogP contribution in [0.3, 0.4) is 0 Å². The van der Waals surface area contributed by atoms with E-state index < -0.39 is 20.0 Å². The number of carbonyl (C=O) groups excluding carboxylic acids is 2. The van der Waals surface area contributed by atoms with Crippen molar-refractivity contribution in [2.24, 2.45) is 5.73 Å². The summed E-state index contributed by atoms with van der Waals surface area (Å²) in [7, 11) is -1.26. The highest BCUT2D eigenvalue weighted by molar-refractivity contribution is 6.76. The van der Waals surface area contributed by atoms with Gasteiger partial charge in [-0.25, -0.2) is 9.97 Å². The SMILES string of the molecule is CCn1nc(-c2cnc3c(n2)c(C(=O)N[C@H](C)C(=O)N2CC(N)C2)cn3COCC[Si](C)(C)C)c2ccc(Cl)cc21. The topological polar surface area (TPSA) is 133 Å². The number of fused-ring (bicyclic) bond motifs is 2. The first kappa shape index (κ1) is 29.2. The van der Waals surface area contributed by atoms with Crippen molar-refractivity contribution in [1.82, 2.24) is 34.5 Å². The molecular weight excluding hydrogens is 560 g/mol. The molecule has 1 aliphatic rings. The molecule has 4 aromatic rings. The molecule has 0 aliphatic carbocycles. The van der Waals surface area contributed by atoms with Crippen LogP contribution < -0.4 is 11.1 Å². The van der Waals surface area contributed by atoms with Gasteiger partial charge in [-0.2, -0.15) is 5.10 Å². The minimum absolute atomic E-state index is 0.0160. The Morgan fingerprint density at radius 1 is 1.27 bits per heavy atom. The van der Waals surface area contributed by atoms with Crippen LogP contribution in [-0.2, 0) is 22.8 Å². The molecule has 13 heteroatoms. The summed E-state index contributed by atoms with van der Waals surface area (Å²) in [5.41, 5.74) is 9.14. The van der Waals surface area contributed by atoms with Crippen LogP contribution in [-0.4, -0.2) is 80.9 Å². The number of likely N-dealkylation sites (tertiary alicyclic amines) is 1. The van der Waals surface area contributed by atoms with E-state index in [2.05, 4.69) is 25.0 Å². The number of nitrogens with zero attached hydrogens (tertiary/aromatic N) is 6. The lowest BCUT2D eigenvalue weighted by atomic mass is 10.1. The number of carbonyl (C=O) groups is 2. The maximum atomic E-state index is 13.5. The maximum Gasteiger partial charge on any atom is 0.255 e. The number of amides is 2. The van der Waals surface area contributed by atoms with Gasteiger partial charge >= 0.3 is 0 Å². The molecule has 0 saturated carbocycles. The van der Waals surface area contributed by atoms with Gasteiger partial charge < -0.3 is 25.3 Å². The van der Waals surface area contributed by atoms with E-state index in [1.165, 1.54) is 0 Å². The first-order valence-corrected chi connectivity index (χ1v) is 18.0. The fourth-order valence-corrected chi connectivity index (χ4v) is 5.77. The van der Waals surface area contributed by atoms with Crippen molar-refractivity contribution in [2.45, 2.75) is 64.9 Å². The number of ether oxygens (including phenoxy) is 1. The van der Waals surface area contributed by atoms with Gasteiger partial charge in [-0.1, -0.05) is 31.2 Å². The molecule has 11 nitrogen and oxygen atoms in total. The molecule has 1 fully saturated rings. The van der Waals surface area contributed by atoms with Crippen LogP contribution >= 0.6 is 11.6 Å². The summed E-state index contributed by atoms with van der Waals surface area (Å²) in [6, 6.07) is 5.89. The van der Waals surface area contributed by atoms with E-state index in [4.69, 9.17) is 37.1 Å². The van der Waals surface area contributed by atoms with Crippen LogP contribution in [0.15, 0.2) is 30.6 Å². The van der Waals surface area contributed by atoms with E-state index >= 15 is 0 Å². The highest BCUT2D eigenvalue weighted by atomic mass is 35.5. The molecule has 1 atom stereocenters. The highest BCUT2D eigenvalue weighted by Gasteiger charge is 2.32. The summed E-state index contributed by atoms with van der Waals surface area (Å²) in [6.45, 7) is 13.1. The number of hydrogen-bond donors (Lipinski definition) is 2. The molecule has 3 N–H and O–H groups in total. The first-order chi connectivity index (χ1) is 19.4. The van der Waals surface area contributed by atoms with Gasteiger partial charge in [0, 0.05) is 57.0 Å². The second-order valence-corrected chi connectivity index (χ2v) is 17.9. The molecule has 0 radical (unpaired) electrons. The van der Waals surface area contributed by atoms with Crippen molar-refractivity contribution in [3.63, 3.8) is 0 Å². The normalized spacial score (nSPS) is 15.0. The number of nitrogens with two attached hydrogens (primary N) is 1. The number of hydrogen-bond acceptors (Lipinski definition) is 7. The zero-order valence-corrected chi connectivity index (χ0v) is 25.9. The van der Waals surface area contributed by atoms with Crippen molar-refractivity contribution in [3.8, 4) is 11.4 Å². The molecule has 0 bridgehead atoms. The van der Waals surface area contributed by atoms with Gasteiger partial charge in [0.1, 0.15) is 29.7 Å². The van der Waals surface area contributed by atoms with Crippen LogP contribution in [0.2, 0.25) is 30.7 Å². The lowest BCUT2D eigenvalue weighted by molar-refractivity contribution is -0.137. The molecule has 2 amide bonds. The zero-order chi connectivity index (χ0) is 29.5. The lowest BCUT2D eigenvalue weighted by Gasteiger charge is -2.38. The van der Waals surface area contributed by atoms with Gasteiger partial charge in [-0.05, 0) is 38.1 Å². The number of benzene rings is 1. The molecule has 3 aromatic heterocycles. The van der Waals surface area contributed by atoms with Gasteiger partial charge in [-0.3, -0.25) is 14.3 Å². The van der Waals surface area contributed by atoms with Crippen molar-refractivity contribution in [3.05, 3.63) is 41.2 Å². The molecule has 218 valence electrons. The average molecular weight is 597 g/mol. The molecule has 1 aliphatic heterocycles. The van der Waals surface area contributed by atoms with Crippen molar-refractivity contribution in [2.75, 3.05) is 19.7 Å². The van der Waals surface area contributed by atoms with Crippen LogP contribution in [0.5, 0.6) is 0 Å². The number of halogens is 1. The van der Waals surface area contributed by atoms with Gasteiger partial charge in [0.2, 0.25) is 5.91 Å². The van der Waals surface area contributed by atoms with Crippen LogP contribution in [0.1, 0.15) is 24.2 Å². The van der Waals surface area contributed by atoms with Crippen molar-refractivity contribution in [1.29, 1.82) is 0 Å². The maximum absolute atomic E-state index is 13.5. The van der Waals surface area contributed by atoms with Gasteiger partial charge in [0.25, 0.3) is 5.91 Å². The van der Waals surface area contributed by atoms with E-state index in [9.17, 15) is 9.59 Å². The number of nitrogens with one attached hydrogen (secondary N) is 1. The molecule has 5 rings (SSSR count). The minimum Gasteiger partial charge on any atom is -0.361 e. The molecule has 1 saturated heterocycles. The van der Waals surface area contributed by atoms with E-state index in [1.54, 1.807) is 28.8 Å². The zero-order valence-electron chi connectivity index (χ0n) is 24.1. The predicted octanol–water partition coefficient (Wildman–Crippen LogP) is 3.72. The van der Waals surface area contributed by atoms with Gasteiger partial charge in [0.05, 0.1) is 17.3 Å². The third-order valence-corrected chi connectivity index (χ3v) is 9.17. The molecule has 4 heterocycles. The van der Waals surface area contributed by atoms with E-state index in [0.29, 0.717) is 59.4 Å². The second kappa shape index (κ2) is 11.5. The number of aryl methyl sites for hydroxylation is 1. The Bertz CT molecular complexity index is 1610. The molecule has 0 spiro atoms. The lowest BCUT2D eigenvalue weighted by Crippen LogP contribution is -2.61. The summed E-state index contributed by atoms with van der Waals surface area (Å²) in [4.78, 5) is 37.5. The molecule has 0 unspecified atom stereocenters. The quantitative estimate of drug-likeness (QED) is 0.210. The summed E-state index contributed by atoms with van der Waals surface area (Å²) in [5, 5.41) is 9.12. The smallest absolute Gasteiger partial charge is 0.255 e. The van der Waals surface area contributed by atoms with E-state index in [-0.39, 0.29) is 18.7 Å². The largest absolute Gasteiger partial charge is 0.361 e. The highest BCUT2D eigenvalue weighted by Crippen LogP contribution is 2.30. The fraction of sp³-hybridized carbons (Fsp3) is 0.464. The third-order valence-electron chi connectivity index (χ3n) is 7.23. The van der Waals surface area contributed by atoms with Crippen LogP contribution in [0, 0.1) is 0 Å². The predicted molar refractivity (Wildman–Crippen MR) is 163 cm³/mol. The Morgan fingerprint density at radius 2 is 2.02 bits per heavy atom. The Balaban J connectivity index is 1.50. The Hall–Kier alpha value is -3.32. The van der Waals surface area contributed by atoms with Crippen molar-refractivity contribution < 1.29 is 14.3 Å². The Morgan fingerprint density at radius 3 is 2.71 bits per heavy atom. The molecule has 1 aromatic carbocycles. The molecular formula is C28H37ClN8O3Si. The first-order valence-electron chi connectivity index (χ1n) is 13.9. The monoisotopic (exact) mass is 596 g/mol. The van der Waals surface area contributed by atoms with E-state index in [1.807, 2.05) is 29.8 Å². The Labute approximate surface area is 245 Å². The minimum atomic E-state index is -1.26.